The van der Waals surface area contributed by atoms with Gasteiger partial charge in [-0.1, -0.05) is 164 Å². The van der Waals surface area contributed by atoms with Crippen molar-refractivity contribution >= 4 is 22.1 Å². The van der Waals surface area contributed by atoms with Gasteiger partial charge in [-0.2, -0.15) is 8.42 Å². The van der Waals surface area contributed by atoms with E-state index in [9.17, 15) is 37.9 Å². The van der Waals surface area contributed by atoms with Gasteiger partial charge >= 0.3 is 11.9 Å². The largest absolute Gasteiger partial charge is 0.462 e. The minimum atomic E-state index is -4.62. The second-order valence-electron chi connectivity index (χ2n) is 16.1. The number of aliphatic hydroxyl groups is 3. The SMILES string of the molecule is CCCCC/C=C/C/C=C/C/C=C/C/C=C/C/C=C/CCC(=O)OC[C@H](CO[C@H]1O[C@H](CS(=O)(=O)O)[C@@H](O)C(O)C1O)OC(=O)CC/C=C/CCCCCCCCCCCCC. The number of hydrogen-bond donors (Lipinski definition) is 4. The molecule has 62 heavy (non-hydrogen) atoms. The molecular formula is C49H82O12S. The van der Waals surface area contributed by atoms with Crippen LogP contribution in [-0.2, 0) is 38.7 Å². The first kappa shape index (κ1) is 57.1. The average molecular weight is 895 g/mol. The number of carbonyl (C=O) groups is 2. The van der Waals surface area contributed by atoms with Crippen LogP contribution in [0.15, 0.2) is 72.9 Å². The summed E-state index contributed by atoms with van der Waals surface area (Å²) in [5, 5.41) is 30.9. The highest BCUT2D eigenvalue weighted by Crippen LogP contribution is 2.24. The van der Waals surface area contributed by atoms with E-state index < -0.39 is 71.2 Å². The monoisotopic (exact) mass is 895 g/mol. The number of unbranched alkanes of at least 4 members (excludes halogenated alkanes) is 14. The van der Waals surface area contributed by atoms with Crippen LogP contribution in [0.3, 0.4) is 0 Å². The molecule has 0 aromatic heterocycles. The summed E-state index contributed by atoms with van der Waals surface area (Å²) in [7, 11) is -4.62. The molecule has 13 heteroatoms. The van der Waals surface area contributed by atoms with Gasteiger partial charge in [0.2, 0.25) is 0 Å². The lowest BCUT2D eigenvalue weighted by atomic mass is 10.00. The molecule has 1 rings (SSSR count). The maximum atomic E-state index is 12.8. The average Bonchev–Trinajstić information content (AvgIpc) is 3.24. The Balaban J connectivity index is 2.51. The summed E-state index contributed by atoms with van der Waals surface area (Å²) >= 11 is 0. The van der Waals surface area contributed by atoms with Crippen LogP contribution in [0.2, 0.25) is 0 Å². The molecule has 0 bridgehead atoms. The van der Waals surface area contributed by atoms with Crippen molar-refractivity contribution in [1.29, 1.82) is 0 Å². The predicted molar refractivity (Wildman–Crippen MR) is 247 cm³/mol. The zero-order valence-corrected chi connectivity index (χ0v) is 38.8. The molecule has 0 aromatic rings. The van der Waals surface area contributed by atoms with Crippen molar-refractivity contribution < 1.29 is 56.8 Å². The van der Waals surface area contributed by atoms with Crippen LogP contribution in [0.25, 0.3) is 0 Å². The molecule has 1 saturated heterocycles. The quantitative estimate of drug-likeness (QED) is 0.0199. The Morgan fingerprint density at radius 1 is 0.548 bits per heavy atom. The minimum absolute atomic E-state index is 0.0628. The molecule has 1 aliphatic rings. The predicted octanol–water partition coefficient (Wildman–Crippen LogP) is 9.89. The Labute approximate surface area is 374 Å². The molecule has 4 N–H and O–H groups in total. The molecule has 2 unspecified atom stereocenters. The highest BCUT2D eigenvalue weighted by Gasteiger charge is 2.46. The van der Waals surface area contributed by atoms with E-state index in [0.717, 1.165) is 44.9 Å². The standard InChI is InChI=1S/C49H82O12S/c1-3-5-7-9-11-13-15-17-19-20-21-22-24-25-27-29-31-33-35-37-44(50)58-39-42(40-59-49-48(54)47(53)46(52)43(61-49)41-62(55,56)57)60-45(51)38-36-34-32-30-28-26-23-18-16-14-12-10-8-6-4-2/h11,13,17,19,21-22,25,27,31-34,42-43,46-49,52-54H,3-10,12,14-16,18,20,23-24,26,28-30,35-41H2,1-2H3,(H,55,56,57)/b13-11+,19-17+,22-21+,27-25+,33-31+,34-32+/t42-,43-,46-,47?,48?,49+/m1/s1. The number of aliphatic hydroxyl groups excluding tert-OH is 3. The molecule has 356 valence electrons. The minimum Gasteiger partial charge on any atom is -0.462 e. The summed E-state index contributed by atoms with van der Waals surface area (Å²) in [5.74, 6) is -2.16. The molecular weight excluding hydrogens is 813 g/mol. The highest BCUT2D eigenvalue weighted by molar-refractivity contribution is 7.85. The summed E-state index contributed by atoms with van der Waals surface area (Å²) in [6.45, 7) is 3.63. The fraction of sp³-hybridized carbons (Fsp3) is 0.714. The fourth-order valence-electron chi connectivity index (χ4n) is 6.62. The molecule has 6 atom stereocenters. The van der Waals surface area contributed by atoms with Crippen molar-refractivity contribution in [3.63, 3.8) is 0 Å². The summed E-state index contributed by atoms with van der Waals surface area (Å²) in [6, 6.07) is 0. The van der Waals surface area contributed by atoms with Crippen LogP contribution in [0.1, 0.15) is 168 Å². The zero-order chi connectivity index (χ0) is 45.5. The van der Waals surface area contributed by atoms with Crippen LogP contribution in [0, 0.1) is 0 Å². The summed E-state index contributed by atoms with van der Waals surface area (Å²) in [5.41, 5.74) is 0. The van der Waals surface area contributed by atoms with Gasteiger partial charge in [0.25, 0.3) is 10.1 Å². The van der Waals surface area contributed by atoms with Crippen LogP contribution in [0.4, 0.5) is 0 Å². The topological polar surface area (TPSA) is 186 Å². The van der Waals surface area contributed by atoms with Gasteiger partial charge in [-0.05, 0) is 64.2 Å². The third-order valence-electron chi connectivity index (χ3n) is 10.3. The van der Waals surface area contributed by atoms with E-state index in [0.29, 0.717) is 12.8 Å². The van der Waals surface area contributed by atoms with Crippen molar-refractivity contribution in [3.8, 4) is 0 Å². The number of carbonyl (C=O) groups excluding carboxylic acids is 2. The van der Waals surface area contributed by atoms with Gasteiger partial charge in [-0.3, -0.25) is 14.1 Å². The molecule has 0 amide bonds. The van der Waals surface area contributed by atoms with Gasteiger partial charge < -0.3 is 34.3 Å². The van der Waals surface area contributed by atoms with Crippen LogP contribution >= 0.6 is 0 Å². The van der Waals surface area contributed by atoms with Crippen molar-refractivity contribution in [2.24, 2.45) is 0 Å². The highest BCUT2D eigenvalue weighted by atomic mass is 32.2. The van der Waals surface area contributed by atoms with Crippen molar-refractivity contribution in [1.82, 2.24) is 0 Å². The van der Waals surface area contributed by atoms with E-state index in [1.165, 1.54) is 83.5 Å². The Morgan fingerprint density at radius 3 is 1.50 bits per heavy atom. The number of rotatable bonds is 38. The number of hydrogen-bond acceptors (Lipinski definition) is 11. The molecule has 0 radical (unpaired) electrons. The van der Waals surface area contributed by atoms with E-state index in [2.05, 4.69) is 68.5 Å². The normalized spacial score (nSPS) is 20.5. The van der Waals surface area contributed by atoms with Crippen molar-refractivity contribution in [2.75, 3.05) is 19.0 Å². The molecule has 12 nitrogen and oxygen atoms in total. The van der Waals surface area contributed by atoms with Crippen molar-refractivity contribution in [3.05, 3.63) is 72.9 Å². The maximum Gasteiger partial charge on any atom is 0.306 e. The van der Waals surface area contributed by atoms with E-state index >= 15 is 0 Å². The Bertz CT molecular complexity index is 1420. The smallest absolute Gasteiger partial charge is 0.306 e. The molecule has 1 aliphatic heterocycles. The van der Waals surface area contributed by atoms with Gasteiger partial charge in [-0.15, -0.1) is 0 Å². The van der Waals surface area contributed by atoms with E-state index in [1.807, 2.05) is 18.2 Å². The van der Waals surface area contributed by atoms with E-state index in [1.54, 1.807) is 0 Å². The molecule has 1 fully saturated rings. The van der Waals surface area contributed by atoms with Gasteiger partial charge in [0.05, 0.1) is 6.61 Å². The Morgan fingerprint density at radius 2 is 0.968 bits per heavy atom. The van der Waals surface area contributed by atoms with Gasteiger partial charge in [0, 0.05) is 12.8 Å². The first-order valence-corrected chi connectivity index (χ1v) is 25.1. The lowest BCUT2D eigenvalue weighted by Crippen LogP contribution is -2.60. The Hall–Kier alpha value is -2.91. The molecule has 0 spiro atoms. The summed E-state index contributed by atoms with van der Waals surface area (Å²) in [6.07, 6.45) is 39.7. The maximum absolute atomic E-state index is 12.8. The van der Waals surface area contributed by atoms with E-state index in [4.69, 9.17) is 18.9 Å². The van der Waals surface area contributed by atoms with Gasteiger partial charge in [0.1, 0.15) is 36.8 Å². The molecule has 0 saturated carbocycles. The lowest BCUT2D eigenvalue weighted by Gasteiger charge is -2.40. The Kier molecular flexibility index (Phi) is 35.5. The third kappa shape index (κ3) is 32.7. The number of ether oxygens (including phenoxy) is 4. The summed E-state index contributed by atoms with van der Waals surface area (Å²) in [4.78, 5) is 25.4. The first-order chi connectivity index (χ1) is 30.0. The van der Waals surface area contributed by atoms with Crippen LogP contribution in [-0.4, -0.2) is 96.0 Å². The number of esters is 2. The number of allylic oxidation sites excluding steroid dienone is 12. The molecule has 1 heterocycles. The second-order valence-corrected chi connectivity index (χ2v) is 17.6. The van der Waals surface area contributed by atoms with Crippen LogP contribution in [0.5, 0.6) is 0 Å². The lowest BCUT2D eigenvalue weighted by molar-refractivity contribution is -0.297. The van der Waals surface area contributed by atoms with E-state index in [-0.39, 0.29) is 19.4 Å². The first-order valence-electron chi connectivity index (χ1n) is 23.5. The molecule has 0 aromatic carbocycles. The molecule has 0 aliphatic carbocycles. The van der Waals surface area contributed by atoms with Gasteiger partial charge in [-0.25, -0.2) is 0 Å². The summed E-state index contributed by atoms with van der Waals surface area (Å²) < 4.78 is 53.9. The third-order valence-corrected chi connectivity index (χ3v) is 11.0. The van der Waals surface area contributed by atoms with Crippen molar-refractivity contribution in [2.45, 2.75) is 205 Å². The zero-order valence-electron chi connectivity index (χ0n) is 37.9. The fourth-order valence-corrected chi connectivity index (χ4v) is 7.31. The van der Waals surface area contributed by atoms with Gasteiger partial charge in [0.15, 0.2) is 12.4 Å². The second kappa shape index (κ2) is 38.5. The van der Waals surface area contributed by atoms with Crippen LogP contribution < -0.4 is 0 Å².